The summed E-state index contributed by atoms with van der Waals surface area (Å²) in [4.78, 5) is 2.16. The van der Waals surface area contributed by atoms with Crippen molar-refractivity contribution in [2.75, 3.05) is 13.7 Å². The highest BCUT2D eigenvalue weighted by Gasteiger charge is 2.12. The molecule has 26 heavy (non-hydrogen) atoms. The molecule has 0 radical (unpaired) electrons. The van der Waals surface area contributed by atoms with Crippen LogP contribution in [0.5, 0.6) is 5.75 Å². The van der Waals surface area contributed by atoms with Gasteiger partial charge in [-0.25, -0.2) is 4.68 Å². The molecule has 0 amide bonds. The van der Waals surface area contributed by atoms with Crippen molar-refractivity contribution in [2.45, 2.75) is 27.1 Å². The molecule has 0 unspecified atom stereocenters. The third-order valence-corrected chi connectivity index (χ3v) is 4.49. The lowest BCUT2D eigenvalue weighted by molar-refractivity contribution is 0.241. The molecule has 1 aromatic heterocycles. The van der Waals surface area contributed by atoms with Crippen LogP contribution in [0.1, 0.15) is 18.1 Å². The number of para-hydroxylation sites is 2. The van der Waals surface area contributed by atoms with E-state index in [0.717, 1.165) is 18.0 Å². The van der Waals surface area contributed by atoms with E-state index in [4.69, 9.17) is 17.0 Å². The summed E-state index contributed by atoms with van der Waals surface area (Å²) in [6, 6.07) is 16.1. The van der Waals surface area contributed by atoms with Gasteiger partial charge in [-0.3, -0.25) is 4.90 Å². The number of hydrogen-bond acceptors (Lipinski definition) is 5. The molecular weight excluding hydrogens is 346 g/mol. The molecule has 0 atom stereocenters. The van der Waals surface area contributed by atoms with Gasteiger partial charge in [0, 0.05) is 6.54 Å². The van der Waals surface area contributed by atoms with Crippen LogP contribution in [0.15, 0.2) is 48.5 Å². The van der Waals surface area contributed by atoms with Crippen LogP contribution in [0.2, 0.25) is 0 Å². The van der Waals surface area contributed by atoms with Crippen LogP contribution in [0.4, 0.5) is 0 Å². The van der Waals surface area contributed by atoms with E-state index in [-0.39, 0.29) is 0 Å². The van der Waals surface area contributed by atoms with Gasteiger partial charge in [0.05, 0.1) is 13.3 Å². The maximum atomic E-state index is 5.67. The van der Waals surface area contributed by atoms with Crippen molar-refractivity contribution in [3.63, 3.8) is 0 Å². The van der Waals surface area contributed by atoms with Gasteiger partial charge in [0.1, 0.15) is 11.4 Å². The zero-order chi connectivity index (χ0) is 18.5. The van der Waals surface area contributed by atoms with Gasteiger partial charge >= 0.3 is 0 Å². The van der Waals surface area contributed by atoms with Crippen LogP contribution in [-0.4, -0.2) is 38.3 Å². The summed E-state index contributed by atoms with van der Waals surface area (Å²) in [6.45, 7) is 6.03. The predicted octanol–water partition coefficient (Wildman–Crippen LogP) is 3.59. The molecule has 136 valence electrons. The predicted molar refractivity (Wildman–Crippen MR) is 104 cm³/mol. The number of aromatic nitrogens is 4. The van der Waals surface area contributed by atoms with Crippen LogP contribution < -0.4 is 4.74 Å². The second kappa shape index (κ2) is 8.25. The van der Waals surface area contributed by atoms with Crippen LogP contribution in [0.3, 0.4) is 0 Å². The highest BCUT2D eigenvalue weighted by molar-refractivity contribution is 7.71. The van der Waals surface area contributed by atoms with Crippen molar-refractivity contribution in [3.05, 3.63) is 64.4 Å². The molecule has 0 aliphatic heterocycles. The minimum Gasteiger partial charge on any atom is -0.492 e. The van der Waals surface area contributed by atoms with E-state index < -0.39 is 0 Å². The Labute approximate surface area is 158 Å². The average Bonchev–Trinajstić information content (AvgIpc) is 2.98. The Morgan fingerprint density at radius 3 is 2.58 bits per heavy atom. The molecule has 3 aromatic rings. The Morgan fingerprint density at radius 2 is 1.81 bits per heavy atom. The summed E-state index contributed by atoms with van der Waals surface area (Å²) >= 11 is 5.58. The number of tetrazole rings is 1. The normalized spacial score (nSPS) is 11.1. The summed E-state index contributed by atoms with van der Waals surface area (Å²) < 4.78 is 9.57. The van der Waals surface area contributed by atoms with Gasteiger partial charge in [0.15, 0.2) is 0 Å². The second-order valence-corrected chi connectivity index (χ2v) is 6.52. The molecule has 6 nitrogen and oxygen atoms in total. The summed E-state index contributed by atoms with van der Waals surface area (Å²) in [5, 5.41) is 8.45. The molecule has 0 aliphatic carbocycles. The molecule has 0 N–H and O–H groups in total. The van der Waals surface area contributed by atoms with Crippen molar-refractivity contribution < 1.29 is 4.74 Å². The topological polar surface area (TPSA) is 48.1 Å². The fraction of sp³-hybridized carbons (Fsp3) is 0.316. The number of benzene rings is 2. The van der Waals surface area contributed by atoms with E-state index in [1.165, 1.54) is 11.1 Å². The Balaban J connectivity index is 1.79. The van der Waals surface area contributed by atoms with Crippen molar-refractivity contribution in [1.29, 1.82) is 0 Å². The van der Waals surface area contributed by atoms with E-state index >= 15 is 0 Å². The molecule has 0 spiro atoms. The highest BCUT2D eigenvalue weighted by Crippen LogP contribution is 2.22. The fourth-order valence-electron chi connectivity index (χ4n) is 2.78. The van der Waals surface area contributed by atoms with E-state index in [9.17, 15) is 0 Å². The molecule has 2 aromatic carbocycles. The lowest BCUT2D eigenvalue weighted by atomic mass is 10.1. The number of hydrogen-bond donors (Lipinski definition) is 0. The molecule has 0 bridgehead atoms. The van der Waals surface area contributed by atoms with Crippen LogP contribution in [0, 0.1) is 11.7 Å². The number of ether oxygens (including phenoxy) is 1. The quantitative estimate of drug-likeness (QED) is 0.596. The van der Waals surface area contributed by atoms with Gasteiger partial charge in [-0.05, 0) is 66.8 Å². The van der Waals surface area contributed by atoms with Gasteiger partial charge in [-0.15, -0.1) is 0 Å². The lowest BCUT2D eigenvalue weighted by Gasteiger charge is -2.17. The molecule has 0 saturated heterocycles. The molecule has 0 fully saturated rings. The van der Waals surface area contributed by atoms with Crippen LogP contribution in [0.25, 0.3) is 5.69 Å². The first kappa shape index (κ1) is 18.3. The standard InChI is InChI=1S/C19H23N5OS/c1-4-25-18-12-8-7-11-17(18)24-19(26)23(20-21-24)14-22(3)13-16-10-6-5-9-15(16)2/h5-12H,4,13-14H2,1-3H3. The van der Waals surface area contributed by atoms with E-state index in [1.807, 2.05) is 38.2 Å². The second-order valence-electron chi connectivity index (χ2n) is 6.16. The van der Waals surface area contributed by atoms with Gasteiger partial charge in [-0.1, -0.05) is 36.4 Å². The third kappa shape index (κ3) is 4.00. The average molecular weight is 369 g/mol. The number of aryl methyl sites for hydroxylation is 1. The highest BCUT2D eigenvalue weighted by atomic mass is 32.1. The minimum absolute atomic E-state index is 0.536. The van der Waals surface area contributed by atoms with E-state index in [1.54, 1.807) is 9.36 Å². The first-order valence-electron chi connectivity index (χ1n) is 8.58. The first-order valence-corrected chi connectivity index (χ1v) is 8.99. The van der Waals surface area contributed by atoms with Crippen LogP contribution >= 0.6 is 12.2 Å². The van der Waals surface area contributed by atoms with Crippen molar-refractivity contribution in [1.82, 2.24) is 24.7 Å². The maximum Gasteiger partial charge on any atom is 0.222 e. The number of rotatable bonds is 7. The van der Waals surface area contributed by atoms with Crippen molar-refractivity contribution >= 4 is 12.2 Å². The summed E-state index contributed by atoms with van der Waals surface area (Å²) in [5.74, 6) is 0.742. The Hall–Kier alpha value is -2.51. The summed E-state index contributed by atoms with van der Waals surface area (Å²) in [7, 11) is 2.04. The van der Waals surface area contributed by atoms with Crippen molar-refractivity contribution in [3.8, 4) is 11.4 Å². The smallest absolute Gasteiger partial charge is 0.222 e. The molecular formula is C19H23N5OS. The Kier molecular flexibility index (Phi) is 5.80. The van der Waals surface area contributed by atoms with E-state index in [2.05, 4.69) is 46.5 Å². The molecule has 7 heteroatoms. The summed E-state index contributed by atoms with van der Waals surface area (Å²) in [6.07, 6.45) is 0. The largest absolute Gasteiger partial charge is 0.492 e. The Bertz CT molecular complexity index is 933. The fourth-order valence-corrected chi connectivity index (χ4v) is 3.01. The third-order valence-electron chi connectivity index (χ3n) is 4.11. The van der Waals surface area contributed by atoms with Crippen LogP contribution in [-0.2, 0) is 13.2 Å². The molecule has 3 rings (SSSR count). The first-order chi connectivity index (χ1) is 12.6. The Morgan fingerprint density at radius 1 is 1.08 bits per heavy atom. The van der Waals surface area contributed by atoms with Gasteiger partial charge in [0.2, 0.25) is 4.77 Å². The zero-order valence-electron chi connectivity index (χ0n) is 15.3. The molecule has 1 heterocycles. The zero-order valence-corrected chi connectivity index (χ0v) is 16.1. The van der Waals surface area contributed by atoms with E-state index in [0.29, 0.717) is 18.0 Å². The summed E-state index contributed by atoms with van der Waals surface area (Å²) in [5.41, 5.74) is 3.36. The maximum absolute atomic E-state index is 5.67. The minimum atomic E-state index is 0.536. The molecule has 0 saturated carbocycles. The van der Waals surface area contributed by atoms with Gasteiger partial charge < -0.3 is 4.74 Å². The lowest BCUT2D eigenvalue weighted by Crippen LogP contribution is -2.23. The monoisotopic (exact) mass is 369 g/mol. The number of nitrogens with zero attached hydrogens (tertiary/aromatic N) is 5. The van der Waals surface area contributed by atoms with Crippen molar-refractivity contribution in [2.24, 2.45) is 0 Å². The molecule has 0 aliphatic rings. The van der Waals surface area contributed by atoms with Gasteiger partial charge in [-0.2, -0.15) is 4.68 Å². The van der Waals surface area contributed by atoms with Gasteiger partial charge in [0.25, 0.3) is 0 Å². The SMILES string of the molecule is CCOc1ccccc1-n1nnn(CN(C)Cc2ccccc2C)c1=S.